The van der Waals surface area contributed by atoms with Crippen LogP contribution in [0.15, 0.2) is 24.3 Å². The fraction of sp³-hybridized carbons (Fsp3) is 0.438. The van der Waals surface area contributed by atoms with Crippen molar-refractivity contribution in [2.24, 2.45) is 11.8 Å². The van der Waals surface area contributed by atoms with E-state index in [-0.39, 0.29) is 23.2 Å². The van der Waals surface area contributed by atoms with Crippen LogP contribution in [-0.4, -0.2) is 16.9 Å². The predicted octanol–water partition coefficient (Wildman–Crippen LogP) is 3.29. The lowest BCUT2D eigenvalue weighted by atomic mass is 9.79. The molecule has 1 fully saturated rings. The minimum Gasteiger partial charge on any atom is -0.478 e. The minimum atomic E-state index is -1.07. The highest BCUT2D eigenvalue weighted by Crippen LogP contribution is 2.31. The van der Waals surface area contributed by atoms with Gasteiger partial charge in [-0.15, -0.1) is 0 Å². The SMILES string of the molecule is N#CC1CCC(CC(=O)c2ccccc2C(=O)O)CC1. The van der Waals surface area contributed by atoms with E-state index < -0.39 is 5.97 Å². The number of ketones is 1. The predicted molar refractivity (Wildman–Crippen MR) is 73.4 cm³/mol. The largest absolute Gasteiger partial charge is 0.478 e. The summed E-state index contributed by atoms with van der Waals surface area (Å²) in [6.07, 6.45) is 3.81. The van der Waals surface area contributed by atoms with Gasteiger partial charge in [-0.3, -0.25) is 4.79 Å². The first kappa shape index (κ1) is 14.3. The van der Waals surface area contributed by atoms with Crippen LogP contribution >= 0.6 is 0 Å². The molecule has 1 aliphatic carbocycles. The standard InChI is InChI=1S/C16H17NO3/c17-10-12-7-5-11(6-8-12)9-15(18)13-3-1-2-4-14(13)16(19)20/h1-4,11-12H,5-9H2,(H,19,20). The smallest absolute Gasteiger partial charge is 0.336 e. The second-order valence-electron chi connectivity index (χ2n) is 5.32. The fourth-order valence-corrected chi connectivity index (χ4v) is 2.78. The Kier molecular flexibility index (Phi) is 4.52. The van der Waals surface area contributed by atoms with Crippen LogP contribution in [0.1, 0.15) is 52.8 Å². The number of hydrogen-bond acceptors (Lipinski definition) is 3. The average Bonchev–Trinajstić information content (AvgIpc) is 2.48. The Morgan fingerprint density at radius 1 is 1.15 bits per heavy atom. The number of carbonyl (C=O) groups is 2. The van der Waals surface area contributed by atoms with Gasteiger partial charge >= 0.3 is 5.97 Å². The molecule has 0 bridgehead atoms. The Labute approximate surface area is 118 Å². The van der Waals surface area contributed by atoms with Gasteiger partial charge in [0.1, 0.15) is 0 Å². The quantitative estimate of drug-likeness (QED) is 0.852. The van der Waals surface area contributed by atoms with E-state index >= 15 is 0 Å². The summed E-state index contributed by atoms with van der Waals surface area (Å²) in [6, 6.07) is 8.62. The monoisotopic (exact) mass is 271 g/mol. The highest BCUT2D eigenvalue weighted by Gasteiger charge is 2.24. The Balaban J connectivity index is 2.03. The molecule has 4 heteroatoms. The van der Waals surface area contributed by atoms with Crippen LogP contribution in [-0.2, 0) is 0 Å². The third kappa shape index (κ3) is 3.24. The molecule has 1 aromatic carbocycles. The molecule has 1 N–H and O–H groups in total. The van der Waals surface area contributed by atoms with Gasteiger partial charge < -0.3 is 5.11 Å². The van der Waals surface area contributed by atoms with Gasteiger partial charge in [0.25, 0.3) is 0 Å². The lowest BCUT2D eigenvalue weighted by molar-refractivity contribution is 0.0691. The summed E-state index contributed by atoms with van der Waals surface area (Å²) in [7, 11) is 0. The van der Waals surface area contributed by atoms with Crippen LogP contribution in [0.5, 0.6) is 0 Å². The van der Waals surface area contributed by atoms with Crippen LogP contribution < -0.4 is 0 Å². The maximum absolute atomic E-state index is 12.3. The number of rotatable bonds is 4. The third-order valence-corrected chi connectivity index (χ3v) is 3.96. The number of carboxylic acid groups (broad SMARTS) is 1. The molecule has 1 saturated carbocycles. The summed E-state index contributed by atoms with van der Waals surface area (Å²) >= 11 is 0. The zero-order valence-electron chi connectivity index (χ0n) is 11.2. The van der Waals surface area contributed by atoms with Gasteiger partial charge in [-0.2, -0.15) is 5.26 Å². The molecular formula is C16H17NO3. The van der Waals surface area contributed by atoms with Gasteiger partial charge in [0, 0.05) is 17.9 Å². The number of carbonyl (C=O) groups excluding carboxylic acids is 1. The Morgan fingerprint density at radius 2 is 1.75 bits per heavy atom. The van der Waals surface area contributed by atoms with Crippen molar-refractivity contribution in [2.75, 3.05) is 0 Å². The van der Waals surface area contributed by atoms with E-state index in [1.807, 2.05) is 0 Å². The Bertz CT molecular complexity index is 551. The van der Waals surface area contributed by atoms with Crippen molar-refractivity contribution in [1.82, 2.24) is 0 Å². The first-order chi connectivity index (χ1) is 9.61. The number of nitrogens with zero attached hydrogens (tertiary/aromatic N) is 1. The number of Topliss-reactive ketones (excluding diaryl/α,β-unsaturated/α-hetero) is 1. The lowest BCUT2D eigenvalue weighted by Gasteiger charge is -2.24. The van der Waals surface area contributed by atoms with E-state index in [1.165, 1.54) is 6.07 Å². The summed E-state index contributed by atoms with van der Waals surface area (Å²) in [6.45, 7) is 0. The molecule has 0 radical (unpaired) electrons. The number of aromatic carboxylic acids is 1. The average molecular weight is 271 g/mol. The maximum atomic E-state index is 12.3. The number of nitriles is 1. The molecule has 20 heavy (non-hydrogen) atoms. The van der Waals surface area contributed by atoms with E-state index in [2.05, 4.69) is 6.07 Å². The summed E-state index contributed by atoms with van der Waals surface area (Å²) in [4.78, 5) is 23.4. The molecular weight excluding hydrogens is 254 g/mol. The highest BCUT2D eigenvalue weighted by atomic mass is 16.4. The minimum absolute atomic E-state index is 0.0724. The Morgan fingerprint density at radius 3 is 2.30 bits per heavy atom. The van der Waals surface area contributed by atoms with Crippen molar-refractivity contribution in [3.05, 3.63) is 35.4 Å². The normalized spacial score (nSPS) is 21.9. The molecule has 0 aromatic heterocycles. The maximum Gasteiger partial charge on any atom is 0.336 e. The Hall–Kier alpha value is -2.15. The molecule has 0 saturated heterocycles. The van der Waals surface area contributed by atoms with Gasteiger partial charge in [0.15, 0.2) is 5.78 Å². The van der Waals surface area contributed by atoms with Crippen LogP contribution in [0.2, 0.25) is 0 Å². The summed E-state index contributed by atoms with van der Waals surface area (Å²) < 4.78 is 0. The molecule has 4 nitrogen and oxygen atoms in total. The van der Waals surface area contributed by atoms with Crippen LogP contribution in [0.25, 0.3) is 0 Å². The second-order valence-corrected chi connectivity index (χ2v) is 5.32. The zero-order chi connectivity index (χ0) is 14.5. The van der Waals surface area contributed by atoms with Gasteiger partial charge in [0.2, 0.25) is 0 Å². The van der Waals surface area contributed by atoms with Crippen molar-refractivity contribution >= 4 is 11.8 Å². The molecule has 2 rings (SSSR count). The van der Waals surface area contributed by atoms with E-state index in [1.54, 1.807) is 18.2 Å². The van der Waals surface area contributed by atoms with Crippen molar-refractivity contribution in [2.45, 2.75) is 32.1 Å². The first-order valence-corrected chi connectivity index (χ1v) is 6.87. The van der Waals surface area contributed by atoms with Gasteiger partial charge in [-0.25, -0.2) is 4.79 Å². The van der Waals surface area contributed by atoms with Crippen LogP contribution in [0, 0.1) is 23.2 Å². The molecule has 0 unspecified atom stereocenters. The van der Waals surface area contributed by atoms with Crippen LogP contribution in [0.4, 0.5) is 0 Å². The molecule has 104 valence electrons. The van der Waals surface area contributed by atoms with E-state index in [4.69, 9.17) is 10.4 Å². The molecule has 0 amide bonds. The molecule has 0 heterocycles. The zero-order valence-corrected chi connectivity index (χ0v) is 11.2. The van der Waals surface area contributed by atoms with Crippen molar-refractivity contribution in [3.8, 4) is 6.07 Å². The van der Waals surface area contributed by atoms with Crippen LogP contribution in [0.3, 0.4) is 0 Å². The van der Waals surface area contributed by atoms with Gasteiger partial charge in [-0.05, 0) is 37.7 Å². The van der Waals surface area contributed by atoms with E-state index in [0.717, 1.165) is 25.7 Å². The number of carboxylic acids is 1. The fourth-order valence-electron chi connectivity index (χ4n) is 2.78. The van der Waals surface area contributed by atoms with Crippen molar-refractivity contribution in [3.63, 3.8) is 0 Å². The van der Waals surface area contributed by atoms with Crippen molar-refractivity contribution in [1.29, 1.82) is 5.26 Å². The number of hydrogen-bond donors (Lipinski definition) is 1. The second kappa shape index (κ2) is 6.33. The molecule has 1 aliphatic rings. The number of benzene rings is 1. The molecule has 1 aromatic rings. The first-order valence-electron chi connectivity index (χ1n) is 6.87. The van der Waals surface area contributed by atoms with Gasteiger partial charge in [-0.1, -0.05) is 18.2 Å². The van der Waals surface area contributed by atoms with E-state index in [9.17, 15) is 9.59 Å². The summed E-state index contributed by atoms with van der Waals surface area (Å²) in [5.74, 6) is -0.785. The summed E-state index contributed by atoms with van der Waals surface area (Å²) in [5, 5.41) is 18.0. The third-order valence-electron chi connectivity index (χ3n) is 3.96. The molecule has 0 spiro atoms. The highest BCUT2D eigenvalue weighted by molar-refractivity contribution is 6.05. The van der Waals surface area contributed by atoms with Crippen molar-refractivity contribution < 1.29 is 14.7 Å². The molecule has 0 aliphatic heterocycles. The molecule has 0 atom stereocenters. The van der Waals surface area contributed by atoms with E-state index in [0.29, 0.717) is 12.0 Å². The lowest BCUT2D eigenvalue weighted by Crippen LogP contribution is -2.18. The topological polar surface area (TPSA) is 78.2 Å². The summed E-state index contributed by atoms with van der Waals surface area (Å²) in [5.41, 5.74) is 0.366. The van der Waals surface area contributed by atoms with Gasteiger partial charge in [0.05, 0.1) is 11.6 Å².